The van der Waals surface area contributed by atoms with E-state index in [0.29, 0.717) is 0 Å². The maximum absolute atomic E-state index is 10.1. The summed E-state index contributed by atoms with van der Waals surface area (Å²) in [7, 11) is 0. The maximum Gasteiger partial charge on any atom is 0.197 e. The van der Waals surface area contributed by atoms with Gasteiger partial charge in [0, 0.05) is 6.42 Å². The fraction of sp³-hybridized carbons (Fsp3) is 0.500. The minimum absolute atomic E-state index is 0.161. The predicted octanol–water partition coefficient (Wildman–Crippen LogP) is 1.25. The molecule has 0 aliphatic rings. The Hall–Kier alpha value is -0.420. The van der Waals surface area contributed by atoms with Gasteiger partial charge in [0.2, 0.25) is 0 Å². The third-order valence-electron chi connectivity index (χ3n) is 0.541. The lowest BCUT2D eigenvalue weighted by molar-refractivity contribution is -0.109. The molecular weight excluding hydrogens is 120 g/mol. The monoisotopic (exact) mass is 128 g/mol. The van der Waals surface area contributed by atoms with Crippen LogP contribution >= 0.6 is 12.6 Å². The Kier molecular flexibility index (Phi) is 4.48. The summed E-state index contributed by atoms with van der Waals surface area (Å²) in [6.45, 7) is 1.94. The summed E-state index contributed by atoms with van der Waals surface area (Å²) in [5.74, 6) is 5.42. The van der Waals surface area contributed by atoms with E-state index >= 15 is 0 Å². The normalized spacial score (nSPS) is 7.25. The van der Waals surface area contributed by atoms with Gasteiger partial charge >= 0.3 is 0 Å². The van der Waals surface area contributed by atoms with Gasteiger partial charge in [-0.2, -0.15) is 0 Å². The Labute approximate surface area is 54.9 Å². The van der Waals surface area contributed by atoms with Crippen molar-refractivity contribution in [3.8, 4) is 11.8 Å². The van der Waals surface area contributed by atoms with Gasteiger partial charge < -0.3 is 0 Å². The van der Waals surface area contributed by atoms with Crippen molar-refractivity contribution in [2.45, 2.75) is 19.8 Å². The predicted molar refractivity (Wildman–Crippen MR) is 36.7 cm³/mol. The first-order valence-corrected chi connectivity index (χ1v) is 2.89. The van der Waals surface area contributed by atoms with Crippen molar-refractivity contribution in [1.82, 2.24) is 0 Å². The van der Waals surface area contributed by atoms with Crippen LogP contribution in [0.5, 0.6) is 0 Å². The van der Waals surface area contributed by atoms with Crippen LogP contribution in [0.1, 0.15) is 19.8 Å². The zero-order valence-corrected chi connectivity index (χ0v) is 5.66. The van der Waals surface area contributed by atoms with E-state index < -0.39 is 0 Å². The van der Waals surface area contributed by atoms with Gasteiger partial charge in [-0.1, -0.05) is 12.8 Å². The van der Waals surface area contributed by atoms with E-state index in [4.69, 9.17) is 0 Å². The molecule has 2 heteroatoms. The Morgan fingerprint density at radius 3 is 2.62 bits per heavy atom. The molecule has 0 saturated carbocycles. The summed E-state index contributed by atoms with van der Waals surface area (Å²) in [5, 5.41) is -0.161. The summed E-state index contributed by atoms with van der Waals surface area (Å²) < 4.78 is 0. The first-order valence-electron chi connectivity index (χ1n) is 2.45. The number of hydrogen-bond acceptors (Lipinski definition) is 1. The molecule has 0 rings (SSSR count). The van der Waals surface area contributed by atoms with Gasteiger partial charge in [-0.3, -0.25) is 4.79 Å². The fourth-order valence-corrected chi connectivity index (χ4v) is 0.342. The van der Waals surface area contributed by atoms with E-state index in [1.54, 1.807) is 0 Å². The number of carbonyl (C=O) groups is 1. The molecule has 0 aromatic carbocycles. The van der Waals surface area contributed by atoms with E-state index in [-0.39, 0.29) is 11.5 Å². The van der Waals surface area contributed by atoms with Crippen molar-refractivity contribution in [2.24, 2.45) is 0 Å². The van der Waals surface area contributed by atoms with Crippen molar-refractivity contribution >= 4 is 17.7 Å². The smallest absolute Gasteiger partial charge is 0.197 e. The Balaban J connectivity index is 3.29. The number of rotatable bonds is 1. The van der Waals surface area contributed by atoms with Crippen LogP contribution in [0.3, 0.4) is 0 Å². The molecule has 0 aromatic rings. The van der Waals surface area contributed by atoms with Crippen LogP contribution in [0.25, 0.3) is 0 Å². The highest BCUT2D eigenvalue weighted by atomic mass is 32.1. The van der Waals surface area contributed by atoms with E-state index in [0.717, 1.165) is 6.42 Å². The molecule has 44 valence electrons. The lowest BCUT2D eigenvalue weighted by Gasteiger charge is -1.75. The van der Waals surface area contributed by atoms with Crippen molar-refractivity contribution in [3.05, 3.63) is 0 Å². The Morgan fingerprint density at radius 2 is 2.25 bits per heavy atom. The maximum atomic E-state index is 10.1. The summed E-state index contributed by atoms with van der Waals surface area (Å²) >= 11 is 3.53. The third-order valence-corrected chi connectivity index (χ3v) is 0.700. The van der Waals surface area contributed by atoms with E-state index in [2.05, 4.69) is 24.5 Å². The zero-order chi connectivity index (χ0) is 6.41. The minimum atomic E-state index is -0.161. The summed E-state index contributed by atoms with van der Waals surface area (Å²) in [5.41, 5.74) is 0. The molecule has 0 atom stereocenters. The van der Waals surface area contributed by atoms with Crippen molar-refractivity contribution in [1.29, 1.82) is 0 Å². The largest absolute Gasteiger partial charge is 0.286 e. The highest BCUT2D eigenvalue weighted by Crippen LogP contribution is 1.83. The number of hydrogen-bond donors (Lipinski definition) is 1. The molecule has 8 heavy (non-hydrogen) atoms. The molecule has 0 fully saturated rings. The highest BCUT2D eigenvalue weighted by molar-refractivity contribution is 7.96. The SMILES string of the molecule is CCC#CCC(=O)S. The zero-order valence-electron chi connectivity index (χ0n) is 4.77. The van der Waals surface area contributed by atoms with Crippen molar-refractivity contribution in [2.75, 3.05) is 0 Å². The van der Waals surface area contributed by atoms with E-state index in [1.165, 1.54) is 0 Å². The van der Waals surface area contributed by atoms with Crippen LogP contribution in [0.2, 0.25) is 0 Å². The standard InChI is InChI=1S/C6H8OS/c1-2-3-4-5-6(7)8/h2,5H2,1H3,(H,7,8). The Morgan fingerprint density at radius 1 is 1.62 bits per heavy atom. The molecule has 0 unspecified atom stereocenters. The molecule has 1 nitrogen and oxygen atoms in total. The van der Waals surface area contributed by atoms with E-state index in [9.17, 15) is 4.79 Å². The van der Waals surface area contributed by atoms with E-state index in [1.807, 2.05) is 6.92 Å². The van der Waals surface area contributed by atoms with Crippen molar-refractivity contribution < 1.29 is 4.79 Å². The second-order valence-electron chi connectivity index (χ2n) is 1.28. The molecule has 0 heterocycles. The quantitative estimate of drug-likeness (QED) is 0.415. The topological polar surface area (TPSA) is 17.1 Å². The molecule has 0 aromatic heterocycles. The average Bonchev–Trinajstić information content (AvgIpc) is 1.66. The van der Waals surface area contributed by atoms with Gasteiger partial charge in [0.1, 0.15) is 0 Å². The molecule has 0 spiro atoms. The number of carbonyl (C=O) groups excluding carboxylic acids is 1. The lowest BCUT2D eigenvalue weighted by Crippen LogP contribution is -1.79. The molecule has 0 N–H and O–H groups in total. The van der Waals surface area contributed by atoms with Gasteiger partial charge in [-0.15, -0.1) is 18.5 Å². The molecule has 0 amide bonds. The van der Waals surface area contributed by atoms with Crippen LogP contribution in [0.15, 0.2) is 0 Å². The molecule has 0 saturated heterocycles. The molecular formula is C6H8OS. The van der Waals surface area contributed by atoms with Gasteiger partial charge in [0.15, 0.2) is 5.12 Å². The van der Waals surface area contributed by atoms with Gasteiger partial charge in [0.25, 0.3) is 0 Å². The third kappa shape index (κ3) is 5.58. The molecule has 0 radical (unpaired) electrons. The minimum Gasteiger partial charge on any atom is -0.286 e. The Bertz CT molecular complexity index is 129. The first-order chi connectivity index (χ1) is 3.77. The van der Waals surface area contributed by atoms with Crippen LogP contribution in [0, 0.1) is 11.8 Å². The summed E-state index contributed by atoms with van der Waals surface area (Å²) in [6.07, 6.45) is 1.08. The van der Waals surface area contributed by atoms with Crippen LogP contribution in [-0.4, -0.2) is 5.12 Å². The van der Waals surface area contributed by atoms with Crippen LogP contribution in [-0.2, 0) is 4.79 Å². The average molecular weight is 128 g/mol. The van der Waals surface area contributed by atoms with Crippen LogP contribution in [0.4, 0.5) is 0 Å². The summed E-state index contributed by atoms with van der Waals surface area (Å²) in [6, 6.07) is 0. The van der Waals surface area contributed by atoms with Crippen LogP contribution < -0.4 is 0 Å². The number of thiol groups is 1. The van der Waals surface area contributed by atoms with Crippen molar-refractivity contribution in [3.63, 3.8) is 0 Å². The van der Waals surface area contributed by atoms with Gasteiger partial charge in [-0.05, 0) is 0 Å². The lowest BCUT2D eigenvalue weighted by atomic mass is 10.4. The highest BCUT2D eigenvalue weighted by Gasteiger charge is 1.83. The fourth-order valence-electron chi connectivity index (χ4n) is 0.263. The summed E-state index contributed by atoms with van der Waals surface area (Å²) in [4.78, 5) is 10.1. The second-order valence-corrected chi connectivity index (χ2v) is 1.78. The second kappa shape index (κ2) is 4.73. The first kappa shape index (κ1) is 7.58. The molecule has 0 aliphatic carbocycles. The molecule has 0 aliphatic heterocycles. The van der Waals surface area contributed by atoms with Gasteiger partial charge in [0.05, 0.1) is 6.42 Å². The molecule has 0 bridgehead atoms. The van der Waals surface area contributed by atoms with Gasteiger partial charge in [-0.25, -0.2) is 0 Å².